The maximum Gasteiger partial charge on any atom is 0.0511 e. The van der Waals surface area contributed by atoms with Crippen LogP contribution in [-0.4, -0.2) is 0 Å². The lowest BCUT2D eigenvalue weighted by Crippen LogP contribution is -2.15. The fourth-order valence-electron chi connectivity index (χ4n) is 4.94. The summed E-state index contributed by atoms with van der Waals surface area (Å²) < 4.78 is 0. The third-order valence-electron chi connectivity index (χ3n) is 7.16. The van der Waals surface area contributed by atoms with Crippen molar-refractivity contribution in [1.82, 2.24) is 0 Å². The lowest BCUT2D eigenvalue weighted by Gasteiger charge is -2.32. The minimum absolute atomic E-state index is 1.15. The van der Waals surface area contributed by atoms with Gasteiger partial charge in [0.25, 0.3) is 0 Å². The summed E-state index contributed by atoms with van der Waals surface area (Å²) in [6.45, 7) is 13.0. The average Bonchev–Trinajstić information content (AvgIpc) is 2.91. The van der Waals surface area contributed by atoms with Crippen molar-refractivity contribution in [2.24, 2.45) is 0 Å². The summed E-state index contributed by atoms with van der Waals surface area (Å²) in [6.07, 6.45) is 0. The normalized spacial score (nSPS) is 10.9. The Bertz CT molecular complexity index is 1320. The second kappa shape index (κ2) is 10.6. The van der Waals surface area contributed by atoms with E-state index < -0.39 is 0 Å². The van der Waals surface area contributed by atoms with E-state index in [1.54, 1.807) is 0 Å². The summed E-state index contributed by atoms with van der Waals surface area (Å²) in [5.41, 5.74) is 14.4. The van der Waals surface area contributed by atoms with Gasteiger partial charge in [-0.15, -0.1) is 0 Å². The molecule has 2 heteroatoms. The van der Waals surface area contributed by atoms with E-state index in [0.717, 1.165) is 22.7 Å². The van der Waals surface area contributed by atoms with Gasteiger partial charge in [-0.25, -0.2) is 0 Å². The first-order valence-corrected chi connectivity index (χ1v) is 13.3. The molecule has 5 rings (SSSR count). The summed E-state index contributed by atoms with van der Waals surface area (Å²) in [7, 11) is 0. The molecule has 0 aliphatic heterocycles. The van der Waals surface area contributed by atoms with E-state index in [4.69, 9.17) is 0 Å². The smallest absolute Gasteiger partial charge is 0.0511 e. The van der Waals surface area contributed by atoms with Crippen molar-refractivity contribution in [2.45, 2.75) is 41.5 Å². The number of nitrogens with zero attached hydrogens (tertiary/aromatic N) is 2. The third kappa shape index (κ3) is 5.21. The van der Waals surface area contributed by atoms with Crippen molar-refractivity contribution in [1.29, 1.82) is 0 Å². The zero-order chi connectivity index (χ0) is 26.8. The van der Waals surface area contributed by atoms with Crippen LogP contribution in [0.25, 0.3) is 0 Å². The van der Waals surface area contributed by atoms with E-state index in [0.29, 0.717) is 0 Å². The third-order valence-corrected chi connectivity index (χ3v) is 7.16. The number of rotatable bonds is 6. The Kier molecular flexibility index (Phi) is 7.07. The second-order valence-corrected chi connectivity index (χ2v) is 10.4. The Labute approximate surface area is 227 Å². The molecule has 190 valence electrons. The average molecular weight is 497 g/mol. The number of benzene rings is 5. The monoisotopic (exact) mass is 496 g/mol. The predicted molar refractivity (Wildman–Crippen MR) is 164 cm³/mol. The molecule has 0 unspecified atom stereocenters. The van der Waals surface area contributed by atoms with Crippen molar-refractivity contribution >= 4 is 34.1 Å². The molecular weight excluding hydrogens is 460 g/mol. The van der Waals surface area contributed by atoms with Gasteiger partial charge in [-0.1, -0.05) is 76.9 Å². The number of aryl methyl sites for hydroxylation is 6. The molecule has 0 fully saturated rings. The van der Waals surface area contributed by atoms with Crippen LogP contribution in [-0.2, 0) is 0 Å². The molecule has 0 spiro atoms. The molecule has 0 N–H and O–H groups in total. The summed E-state index contributed by atoms with van der Waals surface area (Å²) >= 11 is 0. The van der Waals surface area contributed by atoms with E-state index in [1.165, 1.54) is 44.8 Å². The fourth-order valence-corrected chi connectivity index (χ4v) is 4.94. The molecule has 0 amide bonds. The Hall–Kier alpha value is -4.30. The molecule has 0 saturated heterocycles. The standard InChI is InChI=1S/C36H36N2/c1-25-7-15-31(16-8-25)37(32-17-9-26(2)10-18-32)35-24-36(30(6)23-29(35)5)38(33-19-11-27(3)12-20-33)34-21-13-28(4)14-22-34/h7-24H,1-6H3. The highest BCUT2D eigenvalue weighted by Crippen LogP contribution is 2.43. The molecule has 5 aromatic carbocycles. The van der Waals surface area contributed by atoms with Crippen molar-refractivity contribution in [2.75, 3.05) is 9.80 Å². The molecule has 0 atom stereocenters. The minimum Gasteiger partial charge on any atom is -0.310 e. The molecule has 0 aliphatic carbocycles. The molecule has 0 radical (unpaired) electrons. The van der Waals surface area contributed by atoms with E-state index in [2.05, 4.69) is 161 Å². The van der Waals surface area contributed by atoms with Crippen LogP contribution >= 0.6 is 0 Å². The van der Waals surface area contributed by atoms with Gasteiger partial charge >= 0.3 is 0 Å². The Morgan fingerprint density at radius 3 is 0.789 bits per heavy atom. The van der Waals surface area contributed by atoms with Gasteiger partial charge in [0.15, 0.2) is 0 Å². The van der Waals surface area contributed by atoms with Gasteiger partial charge in [-0.3, -0.25) is 0 Å². The van der Waals surface area contributed by atoms with Crippen molar-refractivity contribution in [3.05, 3.63) is 143 Å². The van der Waals surface area contributed by atoms with Gasteiger partial charge in [0.2, 0.25) is 0 Å². The SMILES string of the molecule is Cc1ccc(N(c2ccc(C)cc2)c2cc(N(c3ccc(C)cc3)c3ccc(C)cc3)c(C)cc2C)cc1. The molecule has 38 heavy (non-hydrogen) atoms. The summed E-state index contributed by atoms with van der Waals surface area (Å²) in [4.78, 5) is 4.75. The first-order chi connectivity index (χ1) is 18.3. The van der Waals surface area contributed by atoms with Crippen LogP contribution in [0.5, 0.6) is 0 Å². The fraction of sp³-hybridized carbons (Fsp3) is 0.167. The van der Waals surface area contributed by atoms with Crippen molar-refractivity contribution in [3.8, 4) is 0 Å². The number of anilines is 6. The van der Waals surface area contributed by atoms with Gasteiger partial charge < -0.3 is 9.80 Å². The van der Waals surface area contributed by atoms with E-state index in [1.807, 2.05) is 0 Å². The highest BCUT2D eigenvalue weighted by Gasteiger charge is 2.20. The molecule has 0 heterocycles. The molecule has 2 nitrogen and oxygen atoms in total. The Morgan fingerprint density at radius 1 is 0.316 bits per heavy atom. The summed E-state index contributed by atoms with van der Waals surface area (Å²) in [5, 5.41) is 0. The van der Waals surface area contributed by atoms with Crippen LogP contribution in [0.15, 0.2) is 109 Å². The van der Waals surface area contributed by atoms with Gasteiger partial charge in [0, 0.05) is 22.7 Å². The van der Waals surface area contributed by atoms with Crippen LogP contribution < -0.4 is 9.80 Å². The molecule has 5 aromatic rings. The first kappa shape index (κ1) is 25.4. The molecular formula is C36H36N2. The van der Waals surface area contributed by atoms with Crippen LogP contribution in [0.1, 0.15) is 33.4 Å². The molecule has 0 aromatic heterocycles. The zero-order valence-electron chi connectivity index (χ0n) is 23.3. The van der Waals surface area contributed by atoms with Gasteiger partial charge in [-0.05, 0) is 107 Å². The van der Waals surface area contributed by atoms with Gasteiger partial charge in [-0.2, -0.15) is 0 Å². The van der Waals surface area contributed by atoms with Crippen LogP contribution in [0, 0.1) is 41.5 Å². The maximum atomic E-state index is 2.37. The molecule has 0 aliphatic rings. The van der Waals surface area contributed by atoms with E-state index in [9.17, 15) is 0 Å². The zero-order valence-corrected chi connectivity index (χ0v) is 23.3. The minimum atomic E-state index is 1.15. The van der Waals surface area contributed by atoms with E-state index in [-0.39, 0.29) is 0 Å². The highest BCUT2D eigenvalue weighted by atomic mass is 15.2. The second-order valence-electron chi connectivity index (χ2n) is 10.4. The quantitative estimate of drug-likeness (QED) is 0.231. The van der Waals surface area contributed by atoms with Crippen LogP contribution in [0.4, 0.5) is 34.1 Å². The van der Waals surface area contributed by atoms with Gasteiger partial charge in [0.1, 0.15) is 0 Å². The van der Waals surface area contributed by atoms with Crippen LogP contribution in [0.2, 0.25) is 0 Å². The number of hydrogen-bond donors (Lipinski definition) is 0. The van der Waals surface area contributed by atoms with Crippen LogP contribution in [0.3, 0.4) is 0 Å². The lowest BCUT2D eigenvalue weighted by atomic mass is 10.0. The van der Waals surface area contributed by atoms with Crippen molar-refractivity contribution in [3.63, 3.8) is 0 Å². The van der Waals surface area contributed by atoms with Crippen molar-refractivity contribution < 1.29 is 0 Å². The first-order valence-electron chi connectivity index (χ1n) is 13.3. The number of hydrogen-bond acceptors (Lipinski definition) is 2. The molecule has 0 bridgehead atoms. The predicted octanol–water partition coefficient (Wildman–Crippen LogP) is 10.5. The lowest BCUT2D eigenvalue weighted by molar-refractivity contribution is 1.19. The highest BCUT2D eigenvalue weighted by molar-refractivity contribution is 5.86. The maximum absolute atomic E-state index is 2.37. The summed E-state index contributed by atoms with van der Waals surface area (Å²) in [6, 6.07) is 39.9. The largest absolute Gasteiger partial charge is 0.310 e. The summed E-state index contributed by atoms with van der Waals surface area (Å²) in [5.74, 6) is 0. The van der Waals surface area contributed by atoms with E-state index >= 15 is 0 Å². The molecule has 0 saturated carbocycles. The van der Waals surface area contributed by atoms with Gasteiger partial charge in [0.05, 0.1) is 11.4 Å². The topological polar surface area (TPSA) is 6.48 Å². The Balaban J connectivity index is 1.73. The Morgan fingerprint density at radius 2 is 0.553 bits per heavy atom.